The molecule has 0 aromatic heterocycles. The highest BCUT2D eigenvalue weighted by Crippen LogP contribution is 2.33. The second-order valence-corrected chi connectivity index (χ2v) is 7.81. The minimum atomic E-state index is 0.419. The van der Waals surface area contributed by atoms with Crippen molar-refractivity contribution in [1.29, 1.82) is 0 Å². The van der Waals surface area contributed by atoms with Crippen LogP contribution in [0.15, 0.2) is 18.2 Å². The fourth-order valence-corrected chi connectivity index (χ4v) is 3.76. The summed E-state index contributed by atoms with van der Waals surface area (Å²) in [5, 5.41) is 0. The van der Waals surface area contributed by atoms with Gasteiger partial charge in [0.25, 0.3) is 0 Å². The highest BCUT2D eigenvalue weighted by molar-refractivity contribution is 8.00. The number of anilines is 1. The van der Waals surface area contributed by atoms with Crippen molar-refractivity contribution in [3.63, 3.8) is 0 Å². The predicted octanol–water partition coefficient (Wildman–Crippen LogP) is 3.22. The third-order valence-electron chi connectivity index (χ3n) is 3.87. The van der Waals surface area contributed by atoms with E-state index < -0.39 is 0 Å². The molecule has 3 heteroatoms. The van der Waals surface area contributed by atoms with Gasteiger partial charge in [0.15, 0.2) is 0 Å². The molecule has 1 aliphatic rings. The highest BCUT2D eigenvalue weighted by atomic mass is 32.2. The van der Waals surface area contributed by atoms with Crippen LogP contribution in [-0.2, 0) is 6.42 Å². The van der Waals surface area contributed by atoms with E-state index in [4.69, 9.17) is 5.73 Å². The SMILES string of the molecule is Cc1cc(CCN)ccc1N1CCSC(C)(C)CC1. The summed E-state index contributed by atoms with van der Waals surface area (Å²) in [6.07, 6.45) is 2.23. The van der Waals surface area contributed by atoms with Crippen LogP contribution in [0.1, 0.15) is 31.4 Å². The van der Waals surface area contributed by atoms with Crippen LogP contribution in [0.25, 0.3) is 0 Å². The van der Waals surface area contributed by atoms with Gasteiger partial charge in [-0.15, -0.1) is 0 Å². The monoisotopic (exact) mass is 278 g/mol. The number of hydrogen-bond donors (Lipinski definition) is 1. The topological polar surface area (TPSA) is 29.3 Å². The van der Waals surface area contributed by atoms with Crippen LogP contribution in [0.3, 0.4) is 0 Å². The maximum atomic E-state index is 5.63. The van der Waals surface area contributed by atoms with Crippen molar-refractivity contribution >= 4 is 17.4 Å². The van der Waals surface area contributed by atoms with Gasteiger partial charge in [0.2, 0.25) is 0 Å². The molecule has 2 N–H and O–H groups in total. The zero-order valence-corrected chi connectivity index (χ0v) is 13.2. The molecule has 106 valence electrons. The highest BCUT2D eigenvalue weighted by Gasteiger charge is 2.24. The maximum Gasteiger partial charge on any atom is 0.0396 e. The molecule has 1 saturated heterocycles. The Bertz CT molecular complexity index is 429. The molecule has 1 aliphatic heterocycles. The van der Waals surface area contributed by atoms with Crippen LogP contribution in [0.4, 0.5) is 5.69 Å². The van der Waals surface area contributed by atoms with Crippen molar-refractivity contribution < 1.29 is 0 Å². The van der Waals surface area contributed by atoms with Gasteiger partial charge in [-0.25, -0.2) is 0 Å². The van der Waals surface area contributed by atoms with Crippen molar-refractivity contribution in [2.75, 3.05) is 30.3 Å². The van der Waals surface area contributed by atoms with E-state index in [1.54, 1.807) is 0 Å². The van der Waals surface area contributed by atoms with Crippen LogP contribution in [-0.4, -0.2) is 30.1 Å². The number of rotatable bonds is 3. The van der Waals surface area contributed by atoms with Crippen LogP contribution >= 0.6 is 11.8 Å². The van der Waals surface area contributed by atoms with E-state index in [0.717, 1.165) is 26.1 Å². The molecule has 19 heavy (non-hydrogen) atoms. The van der Waals surface area contributed by atoms with Crippen molar-refractivity contribution in [1.82, 2.24) is 0 Å². The van der Waals surface area contributed by atoms with Crippen LogP contribution in [0.2, 0.25) is 0 Å². The molecule has 1 aromatic carbocycles. The summed E-state index contributed by atoms with van der Waals surface area (Å²) in [7, 11) is 0. The third-order valence-corrected chi connectivity index (χ3v) is 5.24. The third kappa shape index (κ3) is 3.90. The molecule has 0 aliphatic carbocycles. The first-order valence-electron chi connectivity index (χ1n) is 7.20. The van der Waals surface area contributed by atoms with Crippen molar-refractivity contribution in [3.8, 4) is 0 Å². The molecule has 0 unspecified atom stereocenters. The Hall–Kier alpha value is -0.670. The first-order valence-corrected chi connectivity index (χ1v) is 8.19. The van der Waals surface area contributed by atoms with Gasteiger partial charge in [-0.3, -0.25) is 0 Å². The molecule has 0 saturated carbocycles. The summed E-state index contributed by atoms with van der Waals surface area (Å²) in [4.78, 5) is 2.54. The van der Waals surface area contributed by atoms with E-state index in [-0.39, 0.29) is 0 Å². The van der Waals surface area contributed by atoms with Gasteiger partial charge in [0, 0.05) is 29.3 Å². The lowest BCUT2D eigenvalue weighted by molar-refractivity contribution is 0.637. The van der Waals surface area contributed by atoms with Gasteiger partial charge in [-0.2, -0.15) is 11.8 Å². The van der Waals surface area contributed by atoms with Crippen molar-refractivity contribution in [2.24, 2.45) is 5.73 Å². The van der Waals surface area contributed by atoms with Crippen molar-refractivity contribution in [2.45, 2.75) is 38.4 Å². The fourth-order valence-electron chi connectivity index (χ4n) is 2.66. The average Bonchev–Trinajstić information content (AvgIpc) is 2.51. The Labute approximate surface area is 121 Å². The molecular weight excluding hydrogens is 252 g/mol. The number of benzene rings is 1. The van der Waals surface area contributed by atoms with Crippen LogP contribution in [0.5, 0.6) is 0 Å². The molecule has 0 bridgehead atoms. The zero-order chi connectivity index (χ0) is 13.9. The quantitative estimate of drug-likeness (QED) is 0.920. The minimum absolute atomic E-state index is 0.419. The predicted molar refractivity (Wildman–Crippen MR) is 87.3 cm³/mol. The summed E-state index contributed by atoms with van der Waals surface area (Å²) >= 11 is 2.10. The number of hydrogen-bond acceptors (Lipinski definition) is 3. The zero-order valence-electron chi connectivity index (χ0n) is 12.4. The first kappa shape index (κ1) is 14.7. The maximum absolute atomic E-state index is 5.63. The molecule has 0 spiro atoms. The van der Waals surface area contributed by atoms with E-state index in [0.29, 0.717) is 4.75 Å². The van der Waals surface area contributed by atoms with E-state index in [1.807, 2.05) is 0 Å². The molecule has 2 rings (SSSR count). The molecular formula is C16H26N2S. The molecule has 1 fully saturated rings. The van der Waals surface area contributed by atoms with Gasteiger partial charge in [-0.05, 0) is 43.5 Å². The van der Waals surface area contributed by atoms with Crippen LogP contribution in [0, 0.1) is 6.92 Å². The van der Waals surface area contributed by atoms with Gasteiger partial charge in [0.05, 0.1) is 0 Å². The van der Waals surface area contributed by atoms with Crippen molar-refractivity contribution in [3.05, 3.63) is 29.3 Å². The van der Waals surface area contributed by atoms with E-state index in [9.17, 15) is 0 Å². The summed E-state index contributed by atoms with van der Waals surface area (Å²) < 4.78 is 0.419. The molecule has 0 radical (unpaired) electrons. The molecule has 2 nitrogen and oxygen atoms in total. The van der Waals surface area contributed by atoms with Gasteiger partial charge >= 0.3 is 0 Å². The lowest BCUT2D eigenvalue weighted by atomic mass is 10.0. The van der Waals surface area contributed by atoms with Gasteiger partial charge in [-0.1, -0.05) is 26.0 Å². The lowest BCUT2D eigenvalue weighted by Crippen LogP contribution is -2.27. The number of nitrogens with two attached hydrogens (primary N) is 1. The largest absolute Gasteiger partial charge is 0.370 e. The Morgan fingerprint density at radius 3 is 2.79 bits per heavy atom. The lowest BCUT2D eigenvalue weighted by Gasteiger charge is -2.26. The molecule has 0 amide bonds. The summed E-state index contributed by atoms with van der Waals surface area (Å²) in [5.41, 5.74) is 9.77. The summed E-state index contributed by atoms with van der Waals surface area (Å²) in [6.45, 7) is 9.99. The Kier molecular flexibility index (Phi) is 4.80. The fraction of sp³-hybridized carbons (Fsp3) is 0.625. The van der Waals surface area contributed by atoms with Crippen LogP contribution < -0.4 is 10.6 Å². The average molecular weight is 278 g/mol. The summed E-state index contributed by atoms with van der Waals surface area (Å²) in [5.74, 6) is 1.22. The normalized spacial score (nSPS) is 19.3. The Balaban J connectivity index is 2.13. The minimum Gasteiger partial charge on any atom is -0.370 e. The molecule has 0 atom stereocenters. The van der Waals surface area contributed by atoms with Gasteiger partial charge in [0.1, 0.15) is 0 Å². The summed E-state index contributed by atoms with van der Waals surface area (Å²) in [6, 6.07) is 6.81. The van der Waals surface area contributed by atoms with E-state index in [1.165, 1.54) is 29.0 Å². The first-order chi connectivity index (χ1) is 9.02. The number of thioether (sulfide) groups is 1. The number of aryl methyl sites for hydroxylation is 1. The Morgan fingerprint density at radius 1 is 1.32 bits per heavy atom. The second kappa shape index (κ2) is 6.19. The second-order valence-electron chi connectivity index (χ2n) is 6.00. The standard InChI is InChI=1S/C16H26N2S/c1-13-12-14(6-8-17)4-5-15(13)18-9-7-16(2,3)19-11-10-18/h4-5,12H,6-11,17H2,1-3H3. The molecule has 1 aromatic rings. The van der Waals surface area contributed by atoms with E-state index >= 15 is 0 Å². The smallest absolute Gasteiger partial charge is 0.0396 e. The Morgan fingerprint density at radius 2 is 2.11 bits per heavy atom. The molecule has 1 heterocycles. The van der Waals surface area contributed by atoms with Gasteiger partial charge < -0.3 is 10.6 Å². The van der Waals surface area contributed by atoms with E-state index in [2.05, 4.69) is 55.6 Å². The number of nitrogens with zero attached hydrogens (tertiary/aromatic N) is 1.